The molecule has 1 aromatic carbocycles. The summed E-state index contributed by atoms with van der Waals surface area (Å²) >= 11 is 1.95. The maximum Gasteiger partial charge on any atom is 0.201 e. The Kier molecular flexibility index (Phi) is 2.81. The number of imidazole rings is 1. The Hall–Kier alpha value is -0.850. The molecule has 0 fully saturated rings. The molecular formula is C10H11FIN3. The first-order chi connectivity index (χ1) is 7.13. The predicted molar refractivity (Wildman–Crippen MR) is 67.1 cm³/mol. The number of hydrogen-bond donors (Lipinski definition) is 1. The van der Waals surface area contributed by atoms with Gasteiger partial charge in [0.15, 0.2) is 0 Å². The Bertz CT molecular complexity index is 507. The highest BCUT2D eigenvalue weighted by Gasteiger charge is 2.10. The molecule has 0 unspecified atom stereocenters. The van der Waals surface area contributed by atoms with E-state index in [0.717, 1.165) is 24.0 Å². The molecule has 0 saturated heterocycles. The lowest BCUT2D eigenvalue weighted by Gasteiger charge is -2.03. The molecule has 0 atom stereocenters. The van der Waals surface area contributed by atoms with E-state index in [4.69, 9.17) is 5.73 Å². The van der Waals surface area contributed by atoms with Crippen molar-refractivity contribution < 1.29 is 4.39 Å². The minimum Gasteiger partial charge on any atom is -0.369 e. The molecule has 0 spiro atoms. The molecule has 0 aliphatic rings. The predicted octanol–water partition coefficient (Wildman–Crippen LogP) is 2.77. The number of nitrogens with zero attached hydrogens (tertiary/aromatic N) is 2. The van der Waals surface area contributed by atoms with Gasteiger partial charge in [-0.25, -0.2) is 9.37 Å². The zero-order chi connectivity index (χ0) is 11.0. The van der Waals surface area contributed by atoms with Gasteiger partial charge in [-0.1, -0.05) is 6.92 Å². The Morgan fingerprint density at radius 3 is 2.93 bits per heavy atom. The summed E-state index contributed by atoms with van der Waals surface area (Å²) < 4.78 is 15.8. The van der Waals surface area contributed by atoms with Crippen molar-refractivity contribution in [2.24, 2.45) is 0 Å². The maximum atomic E-state index is 13.4. The normalized spacial score (nSPS) is 11.1. The molecular weight excluding hydrogens is 308 g/mol. The number of fused-ring (bicyclic) bond motifs is 1. The molecule has 15 heavy (non-hydrogen) atoms. The van der Waals surface area contributed by atoms with Gasteiger partial charge < -0.3 is 10.3 Å². The van der Waals surface area contributed by atoms with E-state index in [9.17, 15) is 4.39 Å². The number of aromatic nitrogens is 2. The fourth-order valence-electron chi connectivity index (χ4n) is 1.60. The van der Waals surface area contributed by atoms with Gasteiger partial charge in [-0.3, -0.25) is 0 Å². The fourth-order valence-corrected chi connectivity index (χ4v) is 2.05. The Balaban J connectivity index is 2.70. The maximum absolute atomic E-state index is 13.4. The van der Waals surface area contributed by atoms with Crippen LogP contribution < -0.4 is 5.73 Å². The number of aryl methyl sites for hydroxylation is 1. The highest BCUT2D eigenvalue weighted by molar-refractivity contribution is 14.1. The highest BCUT2D eigenvalue weighted by atomic mass is 127. The van der Waals surface area contributed by atoms with Gasteiger partial charge in [0.05, 0.1) is 14.6 Å². The minimum atomic E-state index is -0.222. The third-order valence-electron chi connectivity index (χ3n) is 2.27. The molecule has 5 heteroatoms. The van der Waals surface area contributed by atoms with Crippen molar-refractivity contribution in [3.05, 3.63) is 21.5 Å². The lowest BCUT2D eigenvalue weighted by atomic mass is 10.3. The van der Waals surface area contributed by atoms with E-state index in [1.165, 1.54) is 6.07 Å². The molecule has 2 rings (SSSR count). The third kappa shape index (κ3) is 1.80. The molecule has 0 radical (unpaired) electrons. The summed E-state index contributed by atoms with van der Waals surface area (Å²) in [6, 6.07) is 3.21. The lowest BCUT2D eigenvalue weighted by molar-refractivity contribution is 0.620. The molecule has 0 aliphatic heterocycles. The molecule has 80 valence electrons. The monoisotopic (exact) mass is 319 g/mol. The van der Waals surface area contributed by atoms with Crippen molar-refractivity contribution in [3.63, 3.8) is 0 Å². The average molecular weight is 319 g/mol. The van der Waals surface area contributed by atoms with Crippen LogP contribution in [0, 0.1) is 9.39 Å². The van der Waals surface area contributed by atoms with E-state index >= 15 is 0 Å². The second-order valence-electron chi connectivity index (χ2n) is 3.38. The van der Waals surface area contributed by atoms with Crippen molar-refractivity contribution in [1.82, 2.24) is 9.55 Å². The van der Waals surface area contributed by atoms with Crippen molar-refractivity contribution in [3.8, 4) is 0 Å². The van der Waals surface area contributed by atoms with Crippen LogP contribution >= 0.6 is 22.6 Å². The largest absolute Gasteiger partial charge is 0.369 e. The van der Waals surface area contributed by atoms with Gasteiger partial charge in [-0.05, 0) is 35.1 Å². The van der Waals surface area contributed by atoms with E-state index in [-0.39, 0.29) is 5.82 Å². The van der Waals surface area contributed by atoms with Gasteiger partial charge in [0.2, 0.25) is 5.95 Å². The number of nitrogen functional groups attached to an aromatic ring is 1. The van der Waals surface area contributed by atoms with Crippen LogP contribution in [0.2, 0.25) is 0 Å². The van der Waals surface area contributed by atoms with E-state index in [1.54, 1.807) is 6.07 Å². The number of hydrogen-bond acceptors (Lipinski definition) is 2. The molecule has 0 amide bonds. The van der Waals surface area contributed by atoms with E-state index in [2.05, 4.69) is 4.98 Å². The zero-order valence-electron chi connectivity index (χ0n) is 8.30. The first kappa shape index (κ1) is 10.7. The second-order valence-corrected chi connectivity index (χ2v) is 4.54. The Morgan fingerprint density at radius 2 is 2.27 bits per heavy atom. The number of anilines is 1. The molecule has 1 heterocycles. The third-order valence-corrected chi connectivity index (χ3v) is 3.09. The van der Waals surface area contributed by atoms with Crippen LogP contribution in [0.5, 0.6) is 0 Å². The van der Waals surface area contributed by atoms with Crippen LogP contribution in [-0.2, 0) is 6.54 Å². The Morgan fingerprint density at radius 1 is 1.53 bits per heavy atom. The number of halogens is 2. The van der Waals surface area contributed by atoms with E-state index < -0.39 is 0 Å². The first-order valence-corrected chi connectivity index (χ1v) is 5.82. The molecule has 0 aliphatic carbocycles. The number of rotatable bonds is 2. The van der Waals surface area contributed by atoms with Crippen molar-refractivity contribution in [2.45, 2.75) is 19.9 Å². The van der Waals surface area contributed by atoms with Crippen LogP contribution in [-0.4, -0.2) is 9.55 Å². The van der Waals surface area contributed by atoms with Gasteiger partial charge in [0, 0.05) is 12.6 Å². The summed E-state index contributed by atoms with van der Waals surface area (Å²) in [6.07, 6.45) is 0.948. The average Bonchev–Trinajstić information content (AvgIpc) is 2.46. The molecule has 0 saturated carbocycles. The van der Waals surface area contributed by atoms with Crippen LogP contribution in [0.3, 0.4) is 0 Å². The van der Waals surface area contributed by atoms with E-state index in [1.807, 2.05) is 34.1 Å². The van der Waals surface area contributed by atoms with E-state index in [0.29, 0.717) is 9.52 Å². The van der Waals surface area contributed by atoms with Crippen molar-refractivity contribution >= 4 is 39.6 Å². The quantitative estimate of drug-likeness (QED) is 0.865. The molecule has 3 nitrogen and oxygen atoms in total. The zero-order valence-corrected chi connectivity index (χ0v) is 10.5. The topological polar surface area (TPSA) is 43.8 Å². The van der Waals surface area contributed by atoms with Crippen molar-refractivity contribution in [2.75, 3.05) is 5.73 Å². The van der Waals surface area contributed by atoms with Gasteiger partial charge >= 0.3 is 0 Å². The van der Waals surface area contributed by atoms with Gasteiger partial charge in [-0.15, -0.1) is 0 Å². The van der Waals surface area contributed by atoms with Gasteiger partial charge in [0.25, 0.3) is 0 Å². The molecule has 2 aromatic rings. The number of nitrogens with two attached hydrogens (primary N) is 1. The summed E-state index contributed by atoms with van der Waals surface area (Å²) in [5.41, 5.74) is 7.29. The SMILES string of the molecule is CCCn1c(N)nc2cc(I)c(F)cc21. The molecule has 1 aromatic heterocycles. The van der Waals surface area contributed by atoms with Crippen LogP contribution in [0.15, 0.2) is 12.1 Å². The summed E-state index contributed by atoms with van der Waals surface area (Å²) in [7, 11) is 0. The standard InChI is InChI=1S/C10H11FIN3/c1-2-3-15-9-4-6(11)7(12)5-8(9)14-10(15)13/h4-5H,2-3H2,1H3,(H2,13,14). The Labute approximate surface area is 101 Å². The first-order valence-electron chi connectivity index (χ1n) is 4.74. The van der Waals surface area contributed by atoms with Crippen LogP contribution in [0.4, 0.5) is 10.3 Å². The summed E-state index contributed by atoms with van der Waals surface area (Å²) in [4.78, 5) is 4.20. The summed E-state index contributed by atoms with van der Waals surface area (Å²) in [5.74, 6) is 0.230. The second kappa shape index (κ2) is 3.96. The minimum absolute atomic E-state index is 0.222. The van der Waals surface area contributed by atoms with Crippen LogP contribution in [0.1, 0.15) is 13.3 Å². The molecule has 2 N–H and O–H groups in total. The summed E-state index contributed by atoms with van der Waals surface area (Å²) in [5, 5.41) is 0. The van der Waals surface area contributed by atoms with Gasteiger partial charge in [-0.2, -0.15) is 0 Å². The van der Waals surface area contributed by atoms with Crippen LogP contribution in [0.25, 0.3) is 11.0 Å². The smallest absolute Gasteiger partial charge is 0.201 e. The highest BCUT2D eigenvalue weighted by Crippen LogP contribution is 2.22. The molecule has 0 bridgehead atoms. The number of benzene rings is 1. The summed E-state index contributed by atoms with van der Waals surface area (Å²) in [6.45, 7) is 2.82. The fraction of sp³-hybridized carbons (Fsp3) is 0.300. The van der Waals surface area contributed by atoms with Crippen molar-refractivity contribution in [1.29, 1.82) is 0 Å². The van der Waals surface area contributed by atoms with Gasteiger partial charge in [0.1, 0.15) is 5.82 Å². The lowest BCUT2D eigenvalue weighted by Crippen LogP contribution is -2.02.